The standard InChI is InChI=1S/C13H21N3O3S/c1-13(2,3)12-14-10(15-19-12)7-16-4-5-20-8-9(16)6-11(17)18/h9H,4-8H2,1-3H3,(H,17,18). The maximum atomic E-state index is 10.9. The second-order valence-corrected chi connectivity index (χ2v) is 7.21. The van der Waals surface area contributed by atoms with Crippen molar-refractivity contribution in [2.45, 2.75) is 45.2 Å². The number of rotatable bonds is 4. The molecular weight excluding hydrogens is 278 g/mol. The highest BCUT2D eigenvalue weighted by Crippen LogP contribution is 2.23. The van der Waals surface area contributed by atoms with E-state index >= 15 is 0 Å². The number of thioether (sulfide) groups is 1. The highest BCUT2D eigenvalue weighted by atomic mass is 32.2. The Bertz CT molecular complexity index is 470. The molecule has 2 heterocycles. The number of nitrogens with zero attached hydrogens (tertiary/aromatic N) is 3. The summed E-state index contributed by atoms with van der Waals surface area (Å²) in [6.45, 7) is 7.49. The molecule has 1 atom stereocenters. The van der Waals surface area contributed by atoms with Crippen molar-refractivity contribution in [2.24, 2.45) is 0 Å². The van der Waals surface area contributed by atoms with Crippen molar-refractivity contribution in [2.75, 3.05) is 18.1 Å². The van der Waals surface area contributed by atoms with Gasteiger partial charge in [0.25, 0.3) is 0 Å². The molecule has 112 valence electrons. The molecule has 0 aromatic carbocycles. The van der Waals surface area contributed by atoms with Crippen LogP contribution in [0.2, 0.25) is 0 Å². The van der Waals surface area contributed by atoms with Crippen molar-refractivity contribution in [3.63, 3.8) is 0 Å². The van der Waals surface area contributed by atoms with Gasteiger partial charge in [-0.1, -0.05) is 25.9 Å². The van der Waals surface area contributed by atoms with E-state index in [0.29, 0.717) is 18.3 Å². The molecule has 6 nitrogen and oxygen atoms in total. The Morgan fingerprint density at radius 2 is 2.30 bits per heavy atom. The van der Waals surface area contributed by atoms with Gasteiger partial charge in [-0.3, -0.25) is 9.69 Å². The summed E-state index contributed by atoms with van der Waals surface area (Å²) in [6, 6.07) is 0.0443. The molecule has 1 aromatic rings. The van der Waals surface area contributed by atoms with Crippen LogP contribution < -0.4 is 0 Å². The van der Waals surface area contributed by atoms with Gasteiger partial charge in [-0.05, 0) is 0 Å². The first-order valence-corrected chi connectivity index (χ1v) is 7.88. The van der Waals surface area contributed by atoms with E-state index in [1.165, 1.54) is 0 Å². The Kier molecular flexibility index (Phi) is 4.70. The zero-order valence-electron chi connectivity index (χ0n) is 12.1. The molecule has 20 heavy (non-hydrogen) atoms. The normalized spacial score (nSPS) is 21.1. The van der Waals surface area contributed by atoms with Crippen molar-refractivity contribution in [3.05, 3.63) is 11.7 Å². The Labute approximate surface area is 122 Å². The van der Waals surface area contributed by atoms with Gasteiger partial charge in [0.2, 0.25) is 5.89 Å². The molecule has 1 N–H and O–H groups in total. The van der Waals surface area contributed by atoms with E-state index in [1.807, 2.05) is 20.8 Å². The lowest BCUT2D eigenvalue weighted by atomic mass is 9.97. The van der Waals surface area contributed by atoms with Gasteiger partial charge in [-0.2, -0.15) is 16.7 Å². The summed E-state index contributed by atoms with van der Waals surface area (Å²) in [5.41, 5.74) is -0.163. The van der Waals surface area contributed by atoms with E-state index in [9.17, 15) is 4.79 Å². The van der Waals surface area contributed by atoms with Crippen molar-refractivity contribution in [3.8, 4) is 0 Å². The average molecular weight is 299 g/mol. The summed E-state index contributed by atoms with van der Waals surface area (Å²) in [5.74, 6) is 2.35. The predicted molar refractivity (Wildman–Crippen MR) is 76.8 cm³/mol. The molecule has 1 unspecified atom stereocenters. The summed E-state index contributed by atoms with van der Waals surface area (Å²) in [4.78, 5) is 17.5. The van der Waals surface area contributed by atoms with Crippen LogP contribution in [0.15, 0.2) is 4.52 Å². The fourth-order valence-corrected chi connectivity index (χ4v) is 3.22. The number of carbonyl (C=O) groups is 1. The SMILES string of the molecule is CC(C)(C)c1nc(CN2CCSCC2CC(=O)O)no1. The second-order valence-electron chi connectivity index (χ2n) is 6.06. The Hall–Kier alpha value is -1.08. The van der Waals surface area contributed by atoms with Gasteiger partial charge in [0.15, 0.2) is 5.82 Å². The third kappa shape index (κ3) is 3.96. The van der Waals surface area contributed by atoms with Gasteiger partial charge in [0.1, 0.15) is 0 Å². The van der Waals surface area contributed by atoms with Crippen molar-refractivity contribution < 1.29 is 14.4 Å². The predicted octanol–water partition coefficient (Wildman–Crippen LogP) is 1.76. The Balaban J connectivity index is 2.03. The highest BCUT2D eigenvalue weighted by Gasteiger charge is 2.27. The van der Waals surface area contributed by atoms with E-state index in [1.54, 1.807) is 11.8 Å². The molecule has 1 aromatic heterocycles. The van der Waals surface area contributed by atoms with Crippen LogP contribution in [0, 0.1) is 0 Å². The summed E-state index contributed by atoms with van der Waals surface area (Å²) in [5, 5.41) is 13.0. The zero-order chi connectivity index (χ0) is 14.8. The summed E-state index contributed by atoms with van der Waals surface area (Å²) < 4.78 is 5.28. The van der Waals surface area contributed by atoms with Crippen LogP contribution in [-0.2, 0) is 16.8 Å². The van der Waals surface area contributed by atoms with Gasteiger partial charge >= 0.3 is 5.97 Å². The van der Waals surface area contributed by atoms with Crippen molar-refractivity contribution in [1.29, 1.82) is 0 Å². The van der Waals surface area contributed by atoms with Gasteiger partial charge in [-0.25, -0.2) is 0 Å². The maximum absolute atomic E-state index is 10.9. The quantitative estimate of drug-likeness (QED) is 0.907. The minimum absolute atomic E-state index is 0.0443. The van der Waals surface area contributed by atoms with E-state index < -0.39 is 5.97 Å². The summed E-state index contributed by atoms with van der Waals surface area (Å²) in [7, 11) is 0. The number of hydrogen-bond acceptors (Lipinski definition) is 6. The minimum atomic E-state index is -0.758. The van der Waals surface area contributed by atoms with Crippen LogP contribution in [0.5, 0.6) is 0 Å². The van der Waals surface area contributed by atoms with Crippen LogP contribution >= 0.6 is 11.8 Å². The zero-order valence-corrected chi connectivity index (χ0v) is 12.9. The minimum Gasteiger partial charge on any atom is -0.481 e. The molecule has 7 heteroatoms. The first kappa shape index (κ1) is 15.3. The van der Waals surface area contributed by atoms with Crippen LogP contribution in [0.4, 0.5) is 0 Å². The molecule has 1 aliphatic heterocycles. The summed E-state index contributed by atoms with van der Waals surface area (Å²) >= 11 is 1.80. The van der Waals surface area contributed by atoms with Crippen LogP contribution in [0.1, 0.15) is 38.9 Å². The molecule has 2 rings (SSSR count). The lowest BCUT2D eigenvalue weighted by molar-refractivity contribution is -0.138. The number of carboxylic acids is 1. The molecule has 1 fully saturated rings. The fraction of sp³-hybridized carbons (Fsp3) is 0.769. The van der Waals surface area contributed by atoms with Crippen LogP contribution in [-0.4, -0.2) is 50.2 Å². The molecule has 0 bridgehead atoms. The fourth-order valence-electron chi connectivity index (χ4n) is 2.09. The summed E-state index contributed by atoms with van der Waals surface area (Å²) in [6.07, 6.45) is 0.164. The van der Waals surface area contributed by atoms with Crippen LogP contribution in [0.3, 0.4) is 0 Å². The smallest absolute Gasteiger partial charge is 0.304 e. The third-order valence-electron chi connectivity index (χ3n) is 3.21. The number of hydrogen-bond donors (Lipinski definition) is 1. The molecule has 0 aliphatic carbocycles. The number of carboxylic acid groups (broad SMARTS) is 1. The second kappa shape index (κ2) is 6.13. The van der Waals surface area contributed by atoms with E-state index in [-0.39, 0.29) is 17.9 Å². The van der Waals surface area contributed by atoms with E-state index in [2.05, 4.69) is 15.0 Å². The van der Waals surface area contributed by atoms with Crippen molar-refractivity contribution >= 4 is 17.7 Å². The molecule has 0 amide bonds. The molecular formula is C13H21N3O3S. The lowest BCUT2D eigenvalue weighted by Gasteiger charge is -2.33. The molecule has 1 aliphatic rings. The molecule has 0 spiro atoms. The number of aromatic nitrogens is 2. The molecule has 1 saturated heterocycles. The average Bonchev–Trinajstić information content (AvgIpc) is 2.79. The van der Waals surface area contributed by atoms with Crippen LogP contribution in [0.25, 0.3) is 0 Å². The lowest BCUT2D eigenvalue weighted by Crippen LogP contribution is -2.43. The topological polar surface area (TPSA) is 79.5 Å². The molecule has 0 radical (unpaired) electrons. The Morgan fingerprint density at radius 1 is 1.55 bits per heavy atom. The largest absolute Gasteiger partial charge is 0.481 e. The first-order chi connectivity index (χ1) is 9.36. The van der Waals surface area contributed by atoms with Gasteiger partial charge in [-0.15, -0.1) is 0 Å². The van der Waals surface area contributed by atoms with E-state index in [0.717, 1.165) is 18.1 Å². The number of aliphatic carboxylic acids is 1. The first-order valence-electron chi connectivity index (χ1n) is 6.73. The van der Waals surface area contributed by atoms with E-state index in [4.69, 9.17) is 9.63 Å². The molecule has 0 saturated carbocycles. The third-order valence-corrected chi connectivity index (χ3v) is 4.31. The maximum Gasteiger partial charge on any atom is 0.304 e. The van der Waals surface area contributed by atoms with Gasteiger partial charge in [0, 0.05) is 29.5 Å². The Morgan fingerprint density at radius 3 is 2.90 bits per heavy atom. The monoisotopic (exact) mass is 299 g/mol. The van der Waals surface area contributed by atoms with Crippen molar-refractivity contribution in [1.82, 2.24) is 15.0 Å². The van der Waals surface area contributed by atoms with Gasteiger partial charge in [0.05, 0.1) is 13.0 Å². The van der Waals surface area contributed by atoms with Gasteiger partial charge < -0.3 is 9.63 Å². The highest BCUT2D eigenvalue weighted by molar-refractivity contribution is 7.99.